The average molecular weight is 780 g/mol. The van der Waals surface area contributed by atoms with Gasteiger partial charge >= 0.3 is 0 Å². The smallest absolute Gasteiger partial charge is 0.266 e. The number of hydrogen-bond donors (Lipinski definition) is 3. The maximum atomic E-state index is 14.4. The molecule has 2 saturated heterocycles. The van der Waals surface area contributed by atoms with Crippen LogP contribution >= 0.6 is 11.6 Å². The van der Waals surface area contributed by atoms with E-state index in [1.807, 2.05) is 42.5 Å². The van der Waals surface area contributed by atoms with Crippen LogP contribution in [0.2, 0.25) is 5.02 Å². The molecule has 3 N–H and O–H groups in total. The third-order valence-corrected chi connectivity index (χ3v) is 10.7. The first-order valence-corrected chi connectivity index (χ1v) is 20.5. The minimum Gasteiger partial charge on any atom is -0.434 e. The number of aromatic nitrogens is 1. The molecule has 4 aromatic rings. The van der Waals surface area contributed by atoms with Crippen molar-refractivity contribution >= 4 is 50.3 Å². The van der Waals surface area contributed by atoms with Gasteiger partial charge in [-0.1, -0.05) is 66.2 Å². The van der Waals surface area contributed by atoms with Crippen LogP contribution in [-0.2, 0) is 42.3 Å². The van der Waals surface area contributed by atoms with Crippen molar-refractivity contribution in [2.24, 2.45) is 5.92 Å². The summed E-state index contributed by atoms with van der Waals surface area (Å²) in [5.74, 6) is -1.60. The highest BCUT2D eigenvalue weighted by Crippen LogP contribution is 2.26. The second kappa shape index (κ2) is 18.4. The molecule has 2 fully saturated rings. The van der Waals surface area contributed by atoms with Gasteiger partial charge in [-0.3, -0.25) is 14.4 Å². The van der Waals surface area contributed by atoms with Crippen LogP contribution in [0.3, 0.4) is 0 Å². The summed E-state index contributed by atoms with van der Waals surface area (Å²) in [5.41, 5.74) is 2.62. The van der Waals surface area contributed by atoms with Crippen molar-refractivity contribution in [2.75, 3.05) is 32.5 Å². The highest BCUT2D eigenvalue weighted by atomic mass is 35.5. The molecule has 0 radical (unpaired) electrons. The third-order valence-electron chi connectivity index (χ3n) is 9.76. The number of rotatable bonds is 17. The van der Waals surface area contributed by atoms with Crippen LogP contribution in [0.1, 0.15) is 53.9 Å². The van der Waals surface area contributed by atoms with Gasteiger partial charge in [0, 0.05) is 18.0 Å². The van der Waals surface area contributed by atoms with Gasteiger partial charge in [0.05, 0.1) is 32.2 Å². The summed E-state index contributed by atoms with van der Waals surface area (Å²) < 4.78 is 45.5. The summed E-state index contributed by atoms with van der Waals surface area (Å²) in [5, 5.41) is 6.73. The number of amides is 2. The SMILES string of the molecule is CS(=O)(=O)N[C@H](CCC1CCNCC1)C(=O)N1C[C@H](OCc2ccc(Cl)cc2)C[C@H]1C(=O)N[C@@H](COCc1ccccc1)C(=O)c1nc2ccccc2o1. The Balaban J connectivity index is 1.23. The topological polar surface area (TPSA) is 169 Å². The first kappa shape index (κ1) is 39.5. The first-order chi connectivity index (χ1) is 26.0. The zero-order chi connectivity index (χ0) is 38.1. The van der Waals surface area contributed by atoms with Gasteiger partial charge in [0.15, 0.2) is 5.58 Å². The average Bonchev–Trinajstić information content (AvgIpc) is 3.81. The van der Waals surface area contributed by atoms with Crippen LogP contribution < -0.4 is 15.4 Å². The number of benzene rings is 3. The van der Waals surface area contributed by atoms with Crippen molar-refractivity contribution in [3.63, 3.8) is 0 Å². The van der Waals surface area contributed by atoms with Gasteiger partial charge < -0.3 is 29.4 Å². The minimum atomic E-state index is -3.79. The molecule has 4 atom stereocenters. The Labute approximate surface area is 320 Å². The van der Waals surface area contributed by atoms with E-state index in [4.69, 9.17) is 25.5 Å². The predicted molar refractivity (Wildman–Crippen MR) is 203 cm³/mol. The summed E-state index contributed by atoms with van der Waals surface area (Å²) in [6.07, 6.45) is 3.32. The fourth-order valence-corrected chi connectivity index (χ4v) is 7.78. The second-order valence-corrected chi connectivity index (χ2v) is 16.1. The number of para-hydroxylation sites is 2. The third kappa shape index (κ3) is 11.0. The van der Waals surface area contributed by atoms with Gasteiger partial charge in [0.1, 0.15) is 23.6 Å². The molecule has 0 bridgehead atoms. The molecule has 3 heterocycles. The van der Waals surface area contributed by atoms with Crippen molar-refractivity contribution in [1.82, 2.24) is 25.2 Å². The summed E-state index contributed by atoms with van der Waals surface area (Å²) in [6.45, 7) is 1.94. The number of ketones is 1. The van der Waals surface area contributed by atoms with Gasteiger partial charge in [0.2, 0.25) is 27.6 Å². The molecule has 0 saturated carbocycles. The lowest BCUT2D eigenvalue weighted by atomic mass is 9.91. The number of halogens is 1. The van der Waals surface area contributed by atoms with Gasteiger partial charge in [-0.25, -0.2) is 18.1 Å². The molecular weight excluding hydrogens is 734 g/mol. The van der Waals surface area contributed by atoms with E-state index in [1.54, 1.807) is 36.4 Å². The normalized spacial score (nSPS) is 19.1. The Bertz CT molecular complexity index is 1960. The minimum absolute atomic E-state index is 0.0358. The number of fused-ring (bicyclic) bond motifs is 1. The molecule has 6 rings (SSSR count). The summed E-state index contributed by atoms with van der Waals surface area (Å²) in [6, 6.07) is 20.1. The van der Waals surface area contributed by atoms with Gasteiger partial charge in [0.25, 0.3) is 5.89 Å². The molecule has 0 spiro atoms. The van der Waals surface area contributed by atoms with E-state index in [2.05, 4.69) is 20.3 Å². The number of oxazole rings is 1. The van der Waals surface area contributed by atoms with E-state index in [0.717, 1.165) is 43.3 Å². The zero-order valence-electron chi connectivity index (χ0n) is 30.1. The van der Waals surface area contributed by atoms with E-state index in [-0.39, 0.29) is 45.1 Å². The number of nitrogens with one attached hydrogen (secondary N) is 3. The van der Waals surface area contributed by atoms with Crippen molar-refractivity contribution in [2.45, 2.75) is 69.5 Å². The van der Waals surface area contributed by atoms with E-state index in [9.17, 15) is 22.8 Å². The Morgan fingerprint density at radius 2 is 1.67 bits per heavy atom. The predicted octanol–water partition coefficient (Wildman–Crippen LogP) is 4.25. The van der Waals surface area contributed by atoms with Crippen LogP contribution in [0.5, 0.6) is 0 Å². The molecule has 15 heteroatoms. The molecule has 1 aromatic heterocycles. The second-order valence-electron chi connectivity index (χ2n) is 13.9. The monoisotopic (exact) mass is 779 g/mol. The molecule has 2 amide bonds. The van der Waals surface area contributed by atoms with Crippen LogP contribution in [0.4, 0.5) is 0 Å². The molecular formula is C39H46ClN5O8S. The quantitative estimate of drug-likeness (QED) is 0.132. The van der Waals surface area contributed by atoms with E-state index in [1.165, 1.54) is 4.90 Å². The number of piperidine rings is 1. The number of carbonyl (C=O) groups is 3. The van der Waals surface area contributed by atoms with Gasteiger partial charge in [-0.15, -0.1) is 0 Å². The largest absolute Gasteiger partial charge is 0.434 e. The molecule has 54 heavy (non-hydrogen) atoms. The number of likely N-dealkylation sites (tertiary alicyclic amines) is 1. The molecule has 2 aliphatic rings. The van der Waals surface area contributed by atoms with E-state index in [0.29, 0.717) is 28.5 Å². The standard InChI is InChI=1S/C39H46ClN5O8S/c1-54(49,50)44-32(16-13-26-17-19-41-20-18-26)39(48)45-22-30(52-24-28-11-14-29(40)15-12-28)21-34(45)37(47)42-33(25-51-23-27-7-3-2-4-8-27)36(46)38-43-31-9-5-6-10-35(31)53-38/h2-12,14-15,26,30,32-34,41,44H,13,16-25H2,1H3,(H,42,47)/t30-,32-,33+,34+/m1/s1. The molecule has 0 unspecified atom stereocenters. The van der Waals surface area contributed by atoms with Crippen molar-refractivity contribution in [1.29, 1.82) is 0 Å². The fourth-order valence-electron chi connectivity index (χ4n) is 6.92. The molecule has 288 valence electrons. The van der Waals surface area contributed by atoms with Crippen molar-refractivity contribution < 1.29 is 36.7 Å². The Morgan fingerprint density at radius 3 is 2.39 bits per heavy atom. The van der Waals surface area contributed by atoms with Crippen molar-refractivity contribution in [3.05, 3.63) is 101 Å². The number of nitrogens with zero attached hydrogens (tertiary/aromatic N) is 2. The lowest BCUT2D eigenvalue weighted by Crippen LogP contribution is -2.56. The van der Waals surface area contributed by atoms with Crippen LogP contribution in [-0.4, -0.2) is 92.6 Å². The fraction of sp³-hybridized carbons (Fsp3) is 0.436. The van der Waals surface area contributed by atoms with Crippen molar-refractivity contribution in [3.8, 4) is 0 Å². The number of hydrogen-bond acceptors (Lipinski definition) is 10. The van der Waals surface area contributed by atoms with E-state index >= 15 is 0 Å². The highest BCUT2D eigenvalue weighted by Gasteiger charge is 2.44. The maximum absolute atomic E-state index is 14.4. The van der Waals surface area contributed by atoms with E-state index < -0.39 is 51.9 Å². The van der Waals surface area contributed by atoms with Gasteiger partial charge in [-0.05, 0) is 80.1 Å². The Hall–Kier alpha value is -4.18. The Morgan fingerprint density at radius 1 is 0.963 bits per heavy atom. The highest BCUT2D eigenvalue weighted by molar-refractivity contribution is 7.88. The molecule has 0 aliphatic carbocycles. The van der Waals surface area contributed by atoms with Crippen LogP contribution in [0.25, 0.3) is 11.1 Å². The van der Waals surface area contributed by atoms with Crippen LogP contribution in [0.15, 0.2) is 83.3 Å². The lowest BCUT2D eigenvalue weighted by molar-refractivity contribution is -0.140. The van der Waals surface area contributed by atoms with Crippen LogP contribution in [0, 0.1) is 5.92 Å². The first-order valence-electron chi connectivity index (χ1n) is 18.2. The Kier molecular flexibility index (Phi) is 13.5. The molecule has 3 aromatic carbocycles. The maximum Gasteiger partial charge on any atom is 0.266 e. The summed E-state index contributed by atoms with van der Waals surface area (Å²) >= 11 is 6.06. The van der Waals surface area contributed by atoms with Gasteiger partial charge in [-0.2, -0.15) is 0 Å². The number of Topliss-reactive ketones (excluding diaryl/α,β-unsaturated/α-hetero) is 1. The zero-order valence-corrected chi connectivity index (χ0v) is 31.7. The number of sulfonamides is 1. The lowest BCUT2D eigenvalue weighted by Gasteiger charge is -2.30. The molecule has 13 nitrogen and oxygen atoms in total. The number of ether oxygens (including phenoxy) is 2. The summed E-state index contributed by atoms with van der Waals surface area (Å²) in [7, 11) is -3.79. The summed E-state index contributed by atoms with van der Waals surface area (Å²) in [4.78, 5) is 48.3. The number of carbonyl (C=O) groups excluding carboxylic acids is 3. The molecule has 2 aliphatic heterocycles.